The number of hydrogen-bond donors (Lipinski definition) is 2. The van der Waals surface area contributed by atoms with E-state index in [2.05, 4.69) is 10.6 Å². The minimum absolute atomic E-state index is 0.349. The van der Waals surface area contributed by atoms with Crippen LogP contribution in [0.25, 0.3) is 0 Å². The molecule has 0 saturated carbocycles. The van der Waals surface area contributed by atoms with Crippen molar-refractivity contribution in [2.75, 3.05) is 51.3 Å². The van der Waals surface area contributed by atoms with Crippen LogP contribution >= 0.6 is 0 Å². The van der Waals surface area contributed by atoms with Gasteiger partial charge in [0.1, 0.15) is 5.60 Å². The molecule has 2 aliphatic heterocycles. The number of rotatable bonds is 2. The van der Waals surface area contributed by atoms with E-state index in [9.17, 15) is 9.59 Å². The standard InChI is InChI=1S/C18H25N3O4/c1-2-14-5-3-4-6-15(14)20-16(22)17(23)21-8-10-25-18(12-21)11-19-7-9-24-13-18/h3-6,19H,2,7-13H2,1H3,(H,20,22). The molecule has 2 N–H and O–H groups in total. The number of nitrogens with one attached hydrogen (secondary N) is 2. The van der Waals surface area contributed by atoms with Gasteiger partial charge in [0, 0.05) is 25.3 Å². The van der Waals surface area contributed by atoms with Crippen molar-refractivity contribution in [1.82, 2.24) is 10.2 Å². The first-order chi connectivity index (χ1) is 12.1. The van der Waals surface area contributed by atoms with Crippen LogP contribution in [0, 0.1) is 0 Å². The van der Waals surface area contributed by atoms with Gasteiger partial charge in [-0.3, -0.25) is 9.59 Å². The highest BCUT2D eigenvalue weighted by molar-refractivity contribution is 6.39. The van der Waals surface area contributed by atoms with Crippen LogP contribution in [0.4, 0.5) is 5.69 Å². The Bertz CT molecular complexity index is 627. The van der Waals surface area contributed by atoms with Gasteiger partial charge in [0.25, 0.3) is 0 Å². The summed E-state index contributed by atoms with van der Waals surface area (Å²) in [5, 5.41) is 6.01. The molecule has 1 atom stereocenters. The molecule has 1 aromatic carbocycles. The van der Waals surface area contributed by atoms with Crippen LogP contribution in [0.5, 0.6) is 0 Å². The number of carbonyl (C=O) groups excluding carboxylic acids is 2. The number of hydrogen-bond acceptors (Lipinski definition) is 5. The summed E-state index contributed by atoms with van der Waals surface area (Å²) in [6, 6.07) is 7.52. The lowest BCUT2D eigenvalue weighted by atomic mass is 10.0. The van der Waals surface area contributed by atoms with Crippen molar-refractivity contribution < 1.29 is 19.1 Å². The number of amides is 2. The molecule has 25 heavy (non-hydrogen) atoms. The average Bonchev–Trinajstić information content (AvgIpc) is 2.87. The monoisotopic (exact) mass is 347 g/mol. The second kappa shape index (κ2) is 7.95. The summed E-state index contributed by atoms with van der Waals surface area (Å²) in [4.78, 5) is 26.6. The lowest BCUT2D eigenvalue weighted by molar-refractivity contribution is -0.162. The molecule has 0 aromatic heterocycles. The molecule has 2 amide bonds. The number of nitrogens with zero attached hydrogens (tertiary/aromatic N) is 1. The van der Waals surface area contributed by atoms with Crippen LogP contribution in [-0.2, 0) is 25.5 Å². The highest BCUT2D eigenvalue weighted by Crippen LogP contribution is 2.21. The molecule has 7 heteroatoms. The van der Waals surface area contributed by atoms with Crippen LogP contribution in [0.1, 0.15) is 12.5 Å². The zero-order chi connectivity index (χ0) is 17.7. The maximum Gasteiger partial charge on any atom is 0.313 e. The van der Waals surface area contributed by atoms with Crippen LogP contribution in [0.3, 0.4) is 0 Å². The first-order valence-corrected chi connectivity index (χ1v) is 8.74. The lowest BCUT2D eigenvalue weighted by Crippen LogP contribution is -2.60. The first-order valence-electron chi connectivity index (χ1n) is 8.74. The fraction of sp³-hybridized carbons (Fsp3) is 0.556. The van der Waals surface area contributed by atoms with Crippen molar-refractivity contribution in [2.45, 2.75) is 18.9 Å². The summed E-state index contributed by atoms with van der Waals surface area (Å²) in [7, 11) is 0. The molecule has 2 aliphatic rings. The molecule has 3 rings (SSSR count). The predicted molar refractivity (Wildman–Crippen MR) is 93.4 cm³/mol. The molecule has 1 aromatic rings. The molecule has 2 heterocycles. The van der Waals surface area contributed by atoms with Gasteiger partial charge in [0.15, 0.2) is 0 Å². The maximum atomic E-state index is 12.6. The van der Waals surface area contributed by atoms with Gasteiger partial charge < -0.3 is 25.0 Å². The van der Waals surface area contributed by atoms with Crippen molar-refractivity contribution in [3.63, 3.8) is 0 Å². The Kier molecular flexibility index (Phi) is 5.67. The number of morpholine rings is 1. The summed E-state index contributed by atoms with van der Waals surface area (Å²) >= 11 is 0. The molecular formula is C18H25N3O4. The molecule has 1 spiro atoms. The fourth-order valence-corrected chi connectivity index (χ4v) is 3.25. The average molecular weight is 347 g/mol. The molecule has 136 valence electrons. The van der Waals surface area contributed by atoms with E-state index >= 15 is 0 Å². The third kappa shape index (κ3) is 4.18. The Hall–Kier alpha value is -1.96. The predicted octanol–water partition coefficient (Wildman–Crippen LogP) is 0.405. The number of anilines is 1. The molecular weight excluding hydrogens is 322 g/mol. The lowest BCUT2D eigenvalue weighted by Gasteiger charge is -2.41. The Morgan fingerprint density at radius 3 is 3.00 bits per heavy atom. The van der Waals surface area contributed by atoms with Gasteiger partial charge in [-0.05, 0) is 18.1 Å². The molecule has 7 nitrogen and oxygen atoms in total. The van der Waals surface area contributed by atoms with E-state index in [1.807, 2.05) is 31.2 Å². The van der Waals surface area contributed by atoms with Crippen molar-refractivity contribution in [1.29, 1.82) is 0 Å². The Morgan fingerprint density at radius 1 is 1.32 bits per heavy atom. The van der Waals surface area contributed by atoms with Crippen LogP contribution in [0.15, 0.2) is 24.3 Å². The molecule has 0 bridgehead atoms. The van der Waals surface area contributed by atoms with Crippen molar-refractivity contribution in [2.24, 2.45) is 0 Å². The second-order valence-electron chi connectivity index (χ2n) is 6.45. The van der Waals surface area contributed by atoms with E-state index in [-0.39, 0.29) is 0 Å². The van der Waals surface area contributed by atoms with Crippen molar-refractivity contribution in [3.05, 3.63) is 29.8 Å². The highest BCUT2D eigenvalue weighted by atomic mass is 16.5. The quantitative estimate of drug-likeness (QED) is 0.758. The van der Waals surface area contributed by atoms with E-state index in [0.717, 1.165) is 18.5 Å². The summed E-state index contributed by atoms with van der Waals surface area (Å²) in [5.41, 5.74) is 1.11. The Morgan fingerprint density at radius 2 is 2.16 bits per heavy atom. The van der Waals surface area contributed by atoms with Gasteiger partial charge in [-0.25, -0.2) is 0 Å². The van der Waals surface area contributed by atoms with Gasteiger partial charge in [0.2, 0.25) is 0 Å². The molecule has 0 radical (unpaired) electrons. The SMILES string of the molecule is CCc1ccccc1NC(=O)C(=O)N1CCOC2(CNCCOC2)C1. The third-order valence-electron chi connectivity index (χ3n) is 4.61. The normalized spacial score (nSPS) is 24.0. The zero-order valence-electron chi connectivity index (χ0n) is 14.5. The van der Waals surface area contributed by atoms with E-state index in [1.165, 1.54) is 0 Å². The number of benzene rings is 1. The summed E-state index contributed by atoms with van der Waals surface area (Å²) < 4.78 is 11.5. The molecule has 2 fully saturated rings. The number of aryl methyl sites for hydroxylation is 1. The summed E-state index contributed by atoms with van der Waals surface area (Å²) in [6.07, 6.45) is 0.786. The van der Waals surface area contributed by atoms with E-state index in [0.29, 0.717) is 45.1 Å². The summed E-state index contributed by atoms with van der Waals surface area (Å²) in [5.74, 6) is -1.14. The van der Waals surface area contributed by atoms with Crippen LogP contribution in [0.2, 0.25) is 0 Å². The zero-order valence-corrected chi connectivity index (χ0v) is 14.5. The van der Waals surface area contributed by atoms with Crippen molar-refractivity contribution >= 4 is 17.5 Å². The van der Waals surface area contributed by atoms with Gasteiger partial charge in [-0.1, -0.05) is 25.1 Å². The largest absolute Gasteiger partial charge is 0.377 e. The number of carbonyl (C=O) groups is 2. The van der Waals surface area contributed by atoms with E-state index in [1.54, 1.807) is 4.90 Å². The van der Waals surface area contributed by atoms with Gasteiger partial charge >= 0.3 is 11.8 Å². The first kappa shape index (κ1) is 17.8. The van der Waals surface area contributed by atoms with Crippen molar-refractivity contribution in [3.8, 4) is 0 Å². The molecule has 2 saturated heterocycles. The highest BCUT2D eigenvalue weighted by Gasteiger charge is 2.40. The maximum absolute atomic E-state index is 12.6. The Labute approximate surface area is 147 Å². The Balaban J connectivity index is 1.66. The second-order valence-corrected chi connectivity index (χ2v) is 6.45. The van der Waals surface area contributed by atoms with Gasteiger partial charge in [-0.2, -0.15) is 0 Å². The van der Waals surface area contributed by atoms with E-state index in [4.69, 9.17) is 9.47 Å². The topological polar surface area (TPSA) is 79.9 Å². The molecule has 1 unspecified atom stereocenters. The molecule has 0 aliphatic carbocycles. The number of para-hydroxylation sites is 1. The minimum atomic E-state index is -0.611. The van der Waals surface area contributed by atoms with Gasteiger partial charge in [-0.15, -0.1) is 0 Å². The smallest absolute Gasteiger partial charge is 0.313 e. The van der Waals surface area contributed by atoms with Crippen LogP contribution < -0.4 is 10.6 Å². The van der Waals surface area contributed by atoms with Gasteiger partial charge in [0.05, 0.1) is 26.4 Å². The van der Waals surface area contributed by atoms with E-state index < -0.39 is 17.4 Å². The fourth-order valence-electron chi connectivity index (χ4n) is 3.25. The summed E-state index contributed by atoms with van der Waals surface area (Å²) in [6.45, 7) is 5.57. The number of ether oxygens (including phenoxy) is 2. The third-order valence-corrected chi connectivity index (χ3v) is 4.61. The minimum Gasteiger partial charge on any atom is -0.377 e. The van der Waals surface area contributed by atoms with Crippen LogP contribution in [-0.4, -0.2) is 68.3 Å².